The van der Waals surface area contributed by atoms with E-state index in [0.29, 0.717) is 5.95 Å². The molecule has 2 amide bonds. The first-order valence-electron chi connectivity index (χ1n) is 14.2. The number of nitrogens with one attached hydrogen (secondary N) is 2. The van der Waals surface area contributed by atoms with Gasteiger partial charge in [0.2, 0.25) is 17.8 Å². The van der Waals surface area contributed by atoms with Crippen LogP contribution in [0.4, 0.5) is 23.0 Å². The maximum Gasteiger partial charge on any atom is 0.240 e. The van der Waals surface area contributed by atoms with Gasteiger partial charge in [-0.15, -0.1) is 0 Å². The molecule has 10 nitrogen and oxygen atoms in total. The summed E-state index contributed by atoms with van der Waals surface area (Å²) in [6, 6.07) is 18.0. The van der Waals surface area contributed by atoms with Crippen LogP contribution < -0.4 is 26.2 Å². The second-order valence-electron chi connectivity index (χ2n) is 10.7. The van der Waals surface area contributed by atoms with Crippen molar-refractivity contribution < 1.29 is 9.59 Å². The number of rotatable bonds is 7. The van der Waals surface area contributed by atoms with Gasteiger partial charge in [-0.1, -0.05) is 12.1 Å². The number of anilines is 4. The molecule has 40 heavy (non-hydrogen) atoms. The van der Waals surface area contributed by atoms with Gasteiger partial charge in [0.05, 0.1) is 11.7 Å². The normalized spacial score (nSPS) is 21.1. The molecule has 4 N–H and O–H groups in total. The van der Waals surface area contributed by atoms with Crippen LogP contribution in [0.3, 0.4) is 0 Å². The second kappa shape index (κ2) is 11.5. The monoisotopic (exact) mass is 540 g/mol. The minimum Gasteiger partial charge on any atom is -0.368 e. The van der Waals surface area contributed by atoms with Crippen molar-refractivity contribution in [1.82, 2.24) is 20.2 Å². The highest BCUT2D eigenvalue weighted by molar-refractivity contribution is 5.84. The fourth-order valence-corrected chi connectivity index (χ4v) is 5.96. The van der Waals surface area contributed by atoms with Crippen LogP contribution in [-0.2, 0) is 9.59 Å². The van der Waals surface area contributed by atoms with Crippen molar-refractivity contribution in [2.75, 3.05) is 54.4 Å². The largest absolute Gasteiger partial charge is 0.368 e. The molecule has 3 aromatic rings. The molecule has 6 rings (SSSR count). The van der Waals surface area contributed by atoms with Crippen LogP contribution in [0.1, 0.15) is 25.7 Å². The molecule has 2 atom stereocenters. The summed E-state index contributed by atoms with van der Waals surface area (Å²) in [7, 11) is 0. The van der Waals surface area contributed by atoms with Crippen LogP contribution >= 0.6 is 0 Å². The highest BCUT2D eigenvalue weighted by Crippen LogP contribution is 2.28. The van der Waals surface area contributed by atoms with E-state index in [1.165, 1.54) is 0 Å². The molecule has 3 aliphatic rings. The zero-order chi connectivity index (χ0) is 27.5. The van der Waals surface area contributed by atoms with Gasteiger partial charge < -0.3 is 31.1 Å². The first-order chi connectivity index (χ1) is 19.5. The van der Waals surface area contributed by atoms with Crippen LogP contribution in [0.5, 0.6) is 0 Å². The predicted molar refractivity (Wildman–Crippen MR) is 157 cm³/mol. The molecule has 1 aromatic heterocycles. The van der Waals surface area contributed by atoms with Crippen molar-refractivity contribution in [3.63, 3.8) is 0 Å². The fourth-order valence-electron chi connectivity index (χ4n) is 5.96. The molecular weight excluding hydrogens is 504 g/mol. The summed E-state index contributed by atoms with van der Waals surface area (Å²) in [6.45, 7) is 4.94. The minimum atomic E-state index is -0.271. The molecule has 2 aromatic carbocycles. The smallest absolute Gasteiger partial charge is 0.240 e. The highest BCUT2D eigenvalue weighted by Gasteiger charge is 2.30. The summed E-state index contributed by atoms with van der Waals surface area (Å²) >= 11 is 0. The van der Waals surface area contributed by atoms with E-state index < -0.39 is 0 Å². The maximum absolute atomic E-state index is 12.7. The number of nitrogens with zero attached hydrogens (tertiary/aromatic N) is 5. The molecule has 10 heteroatoms. The lowest BCUT2D eigenvalue weighted by Crippen LogP contribution is -2.53. The number of hydrogen-bond acceptors (Lipinski definition) is 8. The standard InChI is InChI=1S/C30H36N8O2/c31-28(39)27-4-2-16-38(27)24-9-5-21(6-10-24)25-13-15-33-30(35-25)34-22-7-11-23(12-8-22)36-17-19-37(20-18-36)29(40)26-3-1-14-32-26/h5-13,15,26-27,32H,1-4,14,16-20H2,(H2,31,39)(H,33,34,35)/t26-,27+/m0/s1. The van der Waals surface area contributed by atoms with E-state index in [1.807, 2.05) is 47.4 Å². The van der Waals surface area contributed by atoms with Crippen LogP contribution in [0.25, 0.3) is 11.3 Å². The third-order valence-electron chi connectivity index (χ3n) is 8.17. The Labute approximate surface area is 234 Å². The second-order valence-corrected chi connectivity index (χ2v) is 10.7. The van der Waals surface area contributed by atoms with Crippen molar-refractivity contribution in [2.24, 2.45) is 5.73 Å². The van der Waals surface area contributed by atoms with Gasteiger partial charge in [-0.05, 0) is 74.7 Å². The van der Waals surface area contributed by atoms with Gasteiger partial charge in [0.15, 0.2) is 0 Å². The Hall–Kier alpha value is -4.18. The third-order valence-corrected chi connectivity index (χ3v) is 8.17. The molecule has 0 saturated carbocycles. The molecule has 3 fully saturated rings. The molecule has 208 valence electrons. The van der Waals surface area contributed by atoms with Gasteiger partial charge in [-0.25, -0.2) is 9.97 Å². The van der Waals surface area contributed by atoms with E-state index in [4.69, 9.17) is 10.7 Å². The van der Waals surface area contributed by atoms with E-state index in [2.05, 4.69) is 37.6 Å². The Morgan fingerprint density at radius 1 is 0.875 bits per heavy atom. The Bertz CT molecular complexity index is 1330. The van der Waals surface area contributed by atoms with Crippen molar-refractivity contribution in [3.05, 3.63) is 60.8 Å². The summed E-state index contributed by atoms with van der Waals surface area (Å²) in [5.74, 6) is 0.501. The van der Waals surface area contributed by atoms with E-state index in [9.17, 15) is 9.59 Å². The zero-order valence-corrected chi connectivity index (χ0v) is 22.6. The average molecular weight is 541 g/mol. The minimum absolute atomic E-state index is 0.00274. The molecule has 3 aliphatic heterocycles. The van der Waals surface area contributed by atoms with Crippen molar-refractivity contribution in [2.45, 2.75) is 37.8 Å². The first-order valence-corrected chi connectivity index (χ1v) is 14.2. The number of amides is 2. The summed E-state index contributed by atoms with van der Waals surface area (Å²) in [6.07, 6.45) is 5.54. The van der Waals surface area contributed by atoms with Crippen LogP contribution in [-0.4, -0.2) is 78.0 Å². The molecule has 0 radical (unpaired) electrons. The van der Waals surface area contributed by atoms with Gasteiger partial charge >= 0.3 is 0 Å². The van der Waals surface area contributed by atoms with Gasteiger partial charge in [0.1, 0.15) is 6.04 Å². The number of nitrogens with two attached hydrogens (primary N) is 1. The molecule has 3 saturated heterocycles. The summed E-state index contributed by atoms with van der Waals surface area (Å²) in [5, 5.41) is 6.63. The Balaban J connectivity index is 1.06. The number of carbonyl (C=O) groups is 2. The number of benzene rings is 2. The van der Waals surface area contributed by atoms with Gasteiger partial charge in [0, 0.05) is 61.5 Å². The number of primary amides is 1. The summed E-state index contributed by atoms with van der Waals surface area (Å²) < 4.78 is 0. The van der Waals surface area contributed by atoms with E-state index >= 15 is 0 Å². The zero-order valence-electron chi connectivity index (χ0n) is 22.6. The Morgan fingerprint density at radius 2 is 1.62 bits per heavy atom. The number of piperazine rings is 1. The van der Waals surface area contributed by atoms with Crippen LogP contribution in [0.2, 0.25) is 0 Å². The average Bonchev–Trinajstić information content (AvgIpc) is 3.71. The van der Waals surface area contributed by atoms with Crippen LogP contribution in [0.15, 0.2) is 60.8 Å². The van der Waals surface area contributed by atoms with Crippen molar-refractivity contribution in [1.29, 1.82) is 0 Å². The van der Waals surface area contributed by atoms with E-state index in [0.717, 1.165) is 93.3 Å². The summed E-state index contributed by atoms with van der Waals surface area (Å²) in [5.41, 5.74) is 10.4. The van der Waals surface area contributed by atoms with Gasteiger partial charge in [-0.2, -0.15) is 0 Å². The third kappa shape index (κ3) is 5.58. The fraction of sp³-hybridized carbons (Fsp3) is 0.400. The summed E-state index contributed by atoms with van der Waals surface area (Å²) in [4.78, 5) is 40.0. The lowest BCUT2D eigenvalue weighted by atomic mass is 10.1. The van der Waals surface area contributed by atoms with Crippen molar-refractivity contribution in [3.8, 4) is 11.3 Å². The van der Waals surface area contributed by atoms with Gasteiger partial charge in [-0.3, -0.25) is 9.59 Å². The molecule has 0 spiro atoms. The highest BCUT2D eigenvalue weighted by atomic mass is 16.2. The van der Waals surface area contributed by atoms with E-state index in [-0.39, 0.29) is 23.9 Å². The molecule has 0 bridgehead atoms. The Kier molecular flexibility index (Phi) is 7.50. The Morgan fingerprint density at radius 3 is 2.33 bits per heavy atom. The van der Waals surface area contributed by atoms with Crippen molar-refractivity contribution >= 4 is 34.8 Å². The first kappa shape index (κ1) is 26.1. The van der Waals surface area contributed by atoms with E-state index in [1.54, 1.807) is 6.20 Å². The van der Waals surface area contributed by atoms with Crippen LogP contribution in [0, 0.1) is 0 Å². The predicted octanol–water partition coefficient (Wildman–Crippen LogP) is 2.74. The quantitative estimate of drug-likeness (QED) is 0.419. The lowest BCUT2D eigenvalue weighted by Gasteiger charge is -2.37. The number of aromatic nitrogens is 2. The SMILES string of the molecule is NC(=O)[C@H]1CCCN1c1ccc(-c2ccnc(Nc3ccc(N4CCN(C(=O)[C@@H]5CCCN5)CC4)cc3)n2)cc1. The van der Waals surface area contributed by atoms with Gasteiger partial charge in [0.25, 0.3) is 0 Å². The lowest BCUT2D eigenvalue weighted by molar-refractivity contribution is -0.133. The molecular formula is C30H36N8O2. The molecule has 4 heterocycles. The molecule has 0 aliphatic carbocycles. The molecule has 0 unspecified atom stereocenters. The maximum atomic E-state index is 12.7. The number of hydrogen-bond donors (Lipinski definition) is 3. The number of carbonyl (C=O) groups excluding carboxylic acids is 2. The topological polar surface area (TPSA) is 120 Å².